The van der Waals surface area contributed by atoms with Crippen molar-refractivity contribution in [3.63, 3.8) is 0 Å². The van der Waals surface area contributed by atoms with Gasteiger partial charge in [0.25, 0.3) is 0 Å². The van der Waals surface area contributed by atoms with Crippen molar-refractivity contribution in [1.82, 2.24) is 0 Å². The molecular formula is C19H20O. The molecule has 0 aromatic heterocycles. The monoisotopic (exact) mass is 264 g/mol. The van der Waals surface area contributed by atoms with E-state index in [1.807, 2.05) is 0 Å². The third kappa shape index (κ3) is 1.66. The van der Waals surface area contributed by atoms with Crippen molar-refractivity contribution in [2.24, 2.45) is 5.92 Å². The highest BCUT2D eigenvalue weighted by Crippen LogP contribution is 2.52. The number of hydrogen-bond acceptors (Lipinski definition) is 1. The Morgan fingerprint density at radius 3 is 2.45 bits per heavy atom. The first-order valence-corrected chi connectivity index (χ1v) is 7.60. The summed E-state index contributed by atoms with van der Waals surface area (Å²) in [6.45, 7) is 2.13. The second-order valence-electron chi connectivity index (χ2n) is 6.36. The first kappa shape index (κ1) is 12.2. The number of hydrogen-bond donors (Lipinski definition) is 1. The molecule has 0 amide bonds. The molecule has 1 N–H and O–H groups in total. The summed E-state index contributed by atoms with van der Waals surface area (Å²) in [6.07, 6.45) is 4.33. The summed E-state index contributed by atoms with van der Waals surface area (Å²) in [5.41, 5.74) is 5.45. The van der Waals surface area contributed by atoms with Crippen LogP contribution in [0.1, 0.15) is 40.7 Å². The highest BCUT2D eigenvalue weighted by molar-refractivity contribution is 5.49. The molecule has 1 heteroatoms. The summed E-state index contributed by atoms with van der Waals surface area (Å²) in [5, 5.41) is 11.6. The van der Waals surface area contributed by atoms with Crippen molar-refractivity contribution >= 4 is 0 Å². The molecule has 2 aliphatic carbocycles. The number of benzene rings is 2. The van der Waals surface area contributed by atoms with E-state index in [1.54, 1.807) is 0 Å². The van der Waals surface area contributed by atoms with E-state index in [1.165, 1.54) is 16.7 Å². The Morgan fingerprint density at radius 1 is 0.950 bits per heavy atom. The molecule has 0 saturated heterocycles. The van der Waals surface area contributed by atoms with Gasteiger partial charge in [0.05, 0.1) is 0 Å². The predicted molar refractivity (Wildman–Crippen MR) is 80.8 cm³/mol. The Kier molecular flexibility index (Phi) is 2.55. The lowest BCUT2D eigenvalue weighted by Crippen LogP contribution is -2.31. The Labute approximate surface area is 120 Å². The predicted octanol–water partition coefficient (Wildman–Crippen LogP) is 3.74. The van der Waals surface area contributed by atoms with Crippen molar-refractivity contribution < 1.29 is 5.11 Å². The quantitative estimate of drug-likeness (QED) is 0.832. The summed E-state index contributed by atoms with van der Waals surface area (Å²) < 4.78 is 0. The molecule has 1 saturated carbocycles. The zero-order chi connectivity index (χ0) is 13.7. The number of aryl methyl sites for hydroxylation is 3. The van der Waals surface area contributed by atoms with E-state index >= 15 is 0 Å². The Hall–Kier alpha value is -1.60. The molecule has 0 heterocycles. The van der Waals surface area contributed by atoms with Gasteiger partial charge >= 0.3 is 0 Å². The van der Waals surface area contributed by atoms with Gasteiger partial charge in [-0.15, -0.1) is 0 Å². The normalized spacial score (nSPS) is 24.7. The van der Waals surface area contributed by atoms with Crippen molar-refractivity contribution in [2.45, 2.75) is 38.2 Å². The van der Waals surface area contributed by atoms with E-state index in [-0.39, 0.29) is 0 Å². The van der Waals surface area contributed by atoms with Gasteiger partial charge in [-0.25, -0.2) is 0 Å². The van der Waals surface area contributed by atoms with Crippen molar-refractivity contribution in [2.75, 3.05) is 0 Å². The lowest BCUT2D eigenvalue weighted by Gasteiger charge is -2.31. The van der Waals surface area contributed by atoms with E-state index < -0.39 is 5.60 Å². The molecule has 0 bridgehead atoms. The van der Waals surface area contributed by atoms with Crippen LogP contribution in [-0.4, -0.2) is 5.11 Å². The van der Waals surface area contributed by atoms with E-state index in [0.717, 1.165) is 36.8 Å². The van der Waals surface area contributed by atoms with E-state index in [2.05, 4.69) is 49.4 Å². The summed E-state index contributed by atoms with van der Waals surface area (Å²) in [6, 6.07) is 15.0. The van der Waals surface area contributed by atoms with Crippen LogP contribution in [0.4, 0.5) is 0 Å². The van der Waals surface area contributed by atoms with E-state index in [9.17, 15) is 5.11 Å². The zero-order valence-electron chi connectivity index (χ0n) is 11.9. The van der Waals surface area contributed by atoms with Gasteiger partial charge in [0.15, 0.2) is 0 Å². The zero-order valence-corrected chi connectivity index (χ0v) is 11.9. The maximum atomic E-state index is 11.6. The van der Waals surface area contributed by atoms with Crippen molar-refractivity contribution in [3.8, 4) is 0 Å². The lowest BCUT2D eigenvalue weighted by atomic mass is 9.79. The molecule has 1 unspecified atom stereocenters. The van der Waals surface area contributed by atoms with Crippen molar-refractivity contribution in [1.29, 1.82) is 0 Å². The van der Waals surface area contributed by atoms with Gasteiger partial charge in [0.2, 0.25) is 0 Å². The SMILES string of the molecule is Cc1ccc2c(c1)CCc1ccccc1C2(O)C1CC1. The average molecular weight is 264 g/mol. The highest BCUT2D eigenvalue weighted by atomic mass is 16.3. The highest BCUT2D eigenvalue weighted by Gasteiger charge is 2.48. The fraction of sp³-hybridized carbons (Fsp3) is 0.368. The molecule has 1 atom stereocenters. The molecular weight excluding hydrogens is 244 g/mol. The maximum Gasteiger partial charge on any atom is 0.118 e. The molecule has 102 valence electrons. The minimum absolute atomic E-state index is 0.392. The topological polar surface area (TPSA) is 20.2 Å². The molecule has 2 aliphatic rings. The van der Waals surface area contributed by atoms with Crippen LogP contribution < -0.4 is 0 Å². The van der Waals surface area contributed by atoms with Gasteiger partial charge in [0.1, 0.15) is 5.60 Å². The fourth-order valence-electron chi connectivity index (χ4n) is 3.77. The average Bonchev–Trinajstić information content (AvgIpc) is 3.29. The largest absolute Gasteiger partial charge is 0.380 e. The summed E-state index contributed by atoms with van der Waals surface area (Å²) in [7, 11) is 0. The van der Waals surface area contributed by atoms with E-state index in [0.29, 0.717) is 5.92 Å². The number of rotatable bonds is 1. The fourth-order valence-corrected chi connectivity index (χ4v) is 3.77. The van der Waals surface area contributed by atoms with Crippen LogP contribution >= 0.6 is 0 Å². The van der Waals surface area contributed by atoms with Crippen LogP contribution in [-0.2, 0) is 18.4 Å². The Balaban J connectivity index is 2.00. The molecule has 2 aromatic rings. The van der Waals surface area contributed by atoms with Gasteiger partial charge in [-0.3, -0.25) is 0 Å². The van der Waals surface area contributed by atoms with Crippen LogP contribution in [0.15, 0.2) is 42.5 Å². The van der Waals surface area contributed by atoms with Gasteiger partial charge in [-0.2, -0.15) is 0 Å². The van der Waals surface area contributed by atoms with Gasteiger partial charge in [-0.05, 0) is 60.8 Å². The second kappa shape index (κ2) is 4.20. The molecule has 2 aromatic carbocycles. The number of aliphatic hydroxyl groups is 1. The minimum Gasteiger partial charge on any atom is -0.380 e. The van der Waals surface area contributed by atoms with Gasteiger partial charge in [0, 0.05) is 0 Å². The van der Waals surface area contributed by atoms with Gasteiger partial charge in [-0.1, -0.05) is 48.0 Å². The molecule has 4 rings (SSSR count). The van der Waals surface area contributed by atoms with Crippen molar-refractivity contribution in [3.05, 3.63) is 70.3 Å². The van der Waals surface area contributed by atoms with Crippen LogP contribution in [0, 0.1) is 12.8 Å². The van der Waals surface area contributed by atoms with Crippen LogP contribution in [0.25, 0.3) is 0 Å². The molecule has 20 heavy (non-hydrogen) atoms. The third-order valence-corrected chi connectivity index (χ3v) is 4.93. The van der Waals surface area contributed by atoms with Gasteiger partial charge < -0.3 is 5.11 Å². The first-order valence-electron chi connectivity index (χ1n) is 7.60. The lowest BCUT2D eigenvalue weighted by molar-refractivity contribution is 0.0558. The maximum absolute atomic E-state index is 11.6. The summed E-state index contributed by atoms with van der Waals surface area (Å²) in [5.74, 6) is 0.392. The second-order valence-corrected chi connectivity index (χ2v) is 6.36. The summed E-state index contributed by atoms with van der Waals surface area (Å²) in [4.78, 5) is 0. The molecule has 0 radical (unpaired) electrons. The first-order chi connectivity index (χ1) is 9.69. The minimum atomic E-state index is -0.768. The third-order valence-electron chi connectivity index (χ3n) is 4.93. The molecule has 0 spiro atoms. The Morgan fingerprint density at radius 2 is 1.65 bits per heavy atom. The standard InChI is InChI=1S/C19H20O/c1-13-6-11-18-15(12-13)8-7-14-4-2-3-5-17(14)19(18,20)16-9-10-16/h2-6,11-12,16,20H,7-10H2,1H3. The van der Waals surface area contributed by atoms with Crippen LogP contribution in [0.2, 0.25) is 0 Å². The van der Waals surface area contributed by atoms with E-state index in [4.69, 9.17) is 0 Å². The van der Waals surface area contributed by atoms with Crippen LogP contribution in [0.3, 0.4) is 0 Å². The number of fused-ring (bicyclic) bond motifs is 2. The molecule has 0 aliphatic heterocycles. The summed E-state index contributed by atoms with van der Waals surface area (Å²) >= 11 is 0. The Bertz CT molecular complexity index is 669. The molecule has 1 fully saturated rings. The van der Waals surface area contributed by atoms with Crippen LogP contribution in [0.5, 0.6) is 0 Å². The smallest absolute Gasteiger partial charge is 0.118 e. The molecule has 1 nitrogen and oxygen atoms in total.